The van der Waals surface area contributed by atoms with Gasteiger partial charge < -0.3 is 19.7 Å². The predicted octanol–water partition coefficient (Wildman–Crippen LogP) is 4.00. The number of aromatic nitrogens is 3. The van der Waals surface area contributed by atoms with Crippen molar-refractivity contribution in [2.75, 3.05) is 18.0 Å². The third-order valence-corrected chi connectivity index (χ3v) is 8.50. The molecule has 4 aromatic rings. The predicted molar refractivity (Wildman–Crippen MR) is 163 cm³/mol. The van der Waals surface area contributed by atoms with Gasteiger partial charge in [-0.05, 0) is 68.1 Å². The third-order valence-electron chi connectivity index (χ3n) is 8.50. The maximum atomic E-state index is 14.7. The van der Waals surface area contributed by atoms with Crippen LogP contribution in [0.1, 0.15) is 42.1 Å². The Bertz CT molecular complexity index is 1810. The first-order chi connectivity index (χ1) is 21.6. The van der Waals surface area contributed by atoms with Crippen LogP contribution in [-0.2, 0) is 20.9 Å². The molecule has 2 aliphatic rings. The van der Waals surface area contributed by atoms with Crippen molar-refractivity contribution >= 4 is 40.1 Å². The lowest BCUT2D eigenvalue weighted by atomic mass is 10.0. The number of ketones is 1. The average Bonchev–Trinajstić information content (AvgIpc) is 3.60. The molecule has 2 aliphatic heterocycles. The number of nitrogens with zero attached hydrogens (tertiary/aromatic N) is 5. The maximum Gasteiger partial charge on any atom is 0.249 e. The van der Waals surface area contributed by atoms with Crippen molar-refractivity contribution in [2.24, 2.45) is 0 Å². The zero-order chi connectivity index (χ0) is 31.8. The Morgan fingerprint density at radius 2 is 1.89 bits per heavy atom. The van der Waals surface area contributed by atoms with E-state index in [1.165, 1.54) is 22.8 Å². The second kappa shape index (κ2) is 12.2. The Kier molecular flexibility index (Phi) is 8.13. The summed E-state index contributed by atoms with van der Waals surface area (Å²) in [5.41, 5.74) is 3.62. The van der Waals surface area contributed by atoms with Gasteiger partial charge in [-0.25, -0.2) is 8.78 Å². The lowest BCUT2D eigenvalue weighted by molar-refractivity contribution is -0.139. The molecule has 4 heterocycles. The van der Waals surface area contributed by atoms with Gasteiger partial charge in [-0.15, -0.1) is 0 Å². The molecular weight excluding hydrogens is 582 g/mol. The average molecular weight is 615 g/mol. The van der Waals surface area contributed by atoms with E-state index < -0.39 is 41.8 Å². The van der Waals surface area contributed by atoms with Gasteiger partial charge in [0.25, 0.3) is 0 Å². The van der Waals surface area contributed by atoms with E-state index in [4.69, 9.17) is 0 Å². The van der Waals surface area contributed by atoms with Crippen LogP contribution in [-0.4, -0.2) is 74.5 Å². The molecule has 232 valence electrons. The number of benzene rings is 2. The van der Waals surface area contributed by atoms with Crippen LogP contribution in [0.5, 0.6) is 0 Å². The Hall–Kier alpha value is -5.00. The zero-order valence-corrected chi connectivity index (χ0v) is 24.9. The SMILES string of the molecule is CC(=O)c1cn(CC(=O)N2CC(F)CC2C(=O)NC2CCCN(c3cc(C)ccc3F)C2=O)c2ccc(-c3ccnnc3)cc12. The molecule has 10 nitrogen and oxygen atoms in total. The van der Waals surface area contributed by atoms with E-state index in [-0.39, 0.29) is 31.0 Å². The first-order valence-electron chi connectivity index (χ1n) is 14.8. The number of rotatable bonds is 7. The lowest BCUT2D eigenvalue weighted by Crippen LogP contribution is -2.56. The number of likely N-dealkylation sites (tertiary alicyclic amines) is 1. The second-order valence-electron chi connectivity index (χ2n) is 11.6. The number of halogens is 2. The molecule has 0 bridgehead atoms. The molecule has 0 spiro atoms. The molecule has 6 rings (SSSR count). The van der Waals surface area contributed by atoms with Crippen molar-refractivity contribution in [3.63, 3.8) is 0 Å². The number of alkyl halides is 1. The normalized spacial score (nSPS) is 20.1. The van der Waals surface area contributed by atoms with Gasteiger partial charge in [0, 0.05) is 41.2 Å². The summed E-state index contributed by atoms with van der Waals surface area (Å²) in [4.78, 5) is 55.4. The standard InChI is InChI=1S/C33H32F2N6O4/c1-19-5-7-26(35)29(12-19)40-11-3-4-27(33(40)45)38-32(44)30-14-23(34)16-41(30)31(43)18-39-17-25(20(2)42)24-13-21(6-8-28(24)39)22-9-10-36-37-15-22/h5-10,12-13,15,17,23,27,30H,3-4,11,14,16,18H2,1-2H3,(H,38,44). The lowest BCUT2D eigenvalue weighted by Gasteiger charge is -2.34. The molecule has 2 fully saturated rings. The van der Waals surface area contributed by atoms with Gasteiger partial charge >= 0.3 is 0 Å². The second-order valence-corrected chi connectivity index (χ2v) is 11.6. The van der Waals surface area contributed by atoms with Crippen molar-refractivity contribution in [3.8, 4) is 11.1 Å². The van der Waals surface area contributed by atoms with Gasteiger partial charge in [0.2, 0.25) is 17.7 Å². The number of hydrogen-bond acceptors (Lipinski definition) is 6. The summed E-state index contributed by atoms with van der Waals surface area (Å²) in [7, 11) is 0. The smallest absolute Gasteiger partial charge is 0.249 e. The summed E-state index contributed by atoms with van der Waals surface area (Å²) >= 11 is 0. The molecule has 3 amide bonds. The van der Waals surface area contributed by atoms with Crippen molar-refractivity contribution < 1.29 is 28.0 Å². The summed E-state index contributed by atoms with van der Waals surface area (Å²) in [5, 5.41) is 11.1. The minimum absolute atomic E-state index is 0.147. The highest BCUT2D eigenvalue weighted by molar-refractivity contribution is 6.08. The number of anilines is 1. The molecule has 2 aromatic heterocycles. The van der Waals surface area contributed by atoms with Crippen LogP contribution in [0.3, 0.4) is 0 Å². The fourth-order valence-corrected chi connectivity index (χ4v) is 6.24. The number of Topliss-reactive ketones (excluding diaryl/α,β-unsaturated/α-hetero) is 1. The van der Waals surface area contributed by atoms with Crippen molar-refractivity contribution in [2.45, 2.75) is 57.9 Å². The minimum atomic E-state index is -1.42. The Labute approximate surface area is 258 Å². The number of carbonyl (C=O) groups is 4. The largest absolute Gasteiger partial charge is 0.342 e. The van der Waals surface area contributed by atoms with Crippen molar-refractivity contribution in [1.29, 1.82) is 0 Å². The fraction of sp³-hybridized carbons (Fsp3) is 0.333. The zero-order valence-electron chi connectivity index (χ0n) is 24.9. The van der Waals surface area contributed by atoms with Crippen molar-refractivity contribution in [1.82, 2.24) is 25.0 Å². The molecule has 45 heavy (non-hydrogen) atoms. The Morgan fingerprint density at radius 3 is 2.64 bits per heavy atom. The molecule has 2 saturated heterocycles. The number of carbonyl (C=O) groups excluding carboxylic acids is 4. The van der Waals surface area contributed by atoms with E-state index in [0.717, 1.165) is 16.7 Å². The highest BCUT2D eigenvalue weighted by Gasteiger charge is 2.42. The summed E-state index contributed by atoms with van der Waals surface area (Å²) in [5.74, 6) is -2.31. The monoisotopic (exact) mass is 614 g/mol. The quantitative estimate of drug-likeness (QED) is 0.315. The maximum absolute atomic E-state index is 14.7. The van der Waals surface area contributed by atoms with Gasteiger partial charge in [0.15, 0.2) is 5.78 Å². The van der Waals surface area contributed by atoms with E-state index >= 15 is 0 Å². The van der Waals surface area contributed by atoms with Crippen LogP contribution in [0.15, 0.2) is 61.1 Å². The van der Waals surface area contributed by atoms with Crippen LogP contribution in [0.4, 0.5) is 14.5 Å². The fourth-order valence-electron chi connectivity index (χ4n) is 6.24. The molecule has 3 atom stereocenters. The van der Waals surface area contributed by atoms with Crippen LogP contribution < -0.4 is 10.2 Å². The van der Waals surface area contributed by atoms with Gasteiger partial charge in [0.05, 0.1) is 24.6 Å². The summed E-state index contributed by atoms with van der Waals surface area (Å²) in [6, 6.07) is 9.74. The van der Waals surface area contributed by atoms with Crippen LogP contribution in [0, 0.1) is 12.7 Å². The molecule has 0 saturated carbocycles. The number of nitrogens with one attached hydrogen (secondary N) is 1. The summed E-state index contributed by atoms with van der Waals surface area (Å²) < 4.78 is 30.9. The van der Waals surface area contributed by atoms with Gasteiger partial charge in [-0.2, -0.15) is 10.2 Å². The Balaban J connectivity index is 1.20. The molecule has 0 aliphatic carbocycles. The number of piperidine rings is 1. The van der Waals surface area contributed by atoms with Gasteiger partial charge in [-0.1, -0.05) is 12.1 Å². The van der Waals surface area contributed by atoms with Gasteiger partial charge in [0.1, 0.15) is 30.6 Å². The number of amides is 3. The number of aryl methyl sites for hydroxylation is 1. The van der Waals surface area contributed by atoms with Crippen LogP contribution in [0.2, 0.25) is 0 Å². The first kappa shape index (κ1) is 30.0. The number of hydrogen-bond donors (Lipinski definition) is 1. The summed E-state index contributed by atoms with van der Waals surface area (Å²) in [6.45, 7) is 3.05. The molecule has 1 N–H and O–H groups in total. The molecule has 3 unspecified atom stereocenters. The van der Waals surface area contributed by atoms with Crippen LogP contribution in [0.25, 0.3) is 22.0 Å². The van der Waals surface area contributed by atoms with Crippen LogP contribution >= 0.6 is 0 Å². The molecule has 12 heteroatoms. The van der Waals surface area contributed by atoms with Gasteiger partial charge in [-0.3, -0.25) is 19.2 Å². The highest BCUT2D eigenvalue weighted by atomic mass is 19.1. The first-order valence-corrected chi connectivity index (χ1v) is 14.8. The third kappa shape index (κ3) is 5.92. The molecule has 0 radical (unpaired) electrons. The van der Waals surface area contributed by atoms with E-state index in [2.05, 4.69) is 15.5 Å². The van der Waals surface area contributed by atoms with E-state index in [1.807, 2.05) is 12.1 Å². The molecule has 2 aromatic carbocycles. The minimum Gasteiger partial charge on any atom is -0.342 e. The van der Waals surface area contributed by atoms with E-state index in [0.29, 0.717) is 35.9 Å². The molecular formula is C33H32F2N6O4. The Morgan fingerprint density at radius 1 is 1.07 bits per heavy atom. The van der Waals surface area contributed by atoms with E-state index in [9.17, 15) is 28.0 Å². The number of fused-ring (bicyclic) bond motifs is 1. The van der Waals surface area contributed by atoms with Crippen molar-refractivity contribution in [3.05, 3.63) is 78.0 Å². The van der Waals surface area contributed by atoms with E-state index in [1.54, 1.807) is 54.3 Å². The topological polar surface area (TPSA) is 118 Å². The summed E-state index contributed by atoms with van der Waals surface area (Å²) in [6.07, 6.45) is 4.02. The highest BCUT2D eigenvalue weighted by Crippen LogP contribution is 2.30.